The van der Waals surface area contributed by atoms with E-state index >= 15 is 0 Å². The van der Waals surface area contributed by atoms with E-state index in [1.807, 2.05) is 25.1 Å². The molecule has 0 aliphatic rings. The molecule has 1 atom stereocenters. The van der Waals surface area contributed by atoms with Gasteiger partial charge in [-0.25, -0.2) is 0 Å². The minimum absolute atomic E-state index is 0.417. The maximum absolute atomic E-state index is 9.84. The Morgan fingerprint density at radius 1 is 1.06 bits per heavy atom. The number of benzene rings is 1. The third kappa shape index (κ3) is 3.74. The van der Waals surface area contributed by atoms with Crippen LogP contribution >= 0.6 is 0 Å². The van der Waals surface area contributed by atoms with Crippen LogP contribution in [0.5, 0.6) is 0 Å². The first-order valence-electron chi connectivity index (χ1n) is 6.47. The SMILES string of the molecule is CC(C)CN(c1ccccc1[C@@H](C)O)C(C)C. The van der Waals surface area contributed by atoms with E-state index in [-0.39, 0.29) is 0 Å². The van der Waals surface area contributed by atoms with Crippen LogP contribution in [0.2, 0.25) is 0 Å². The van der Waals surface area contributed by atoms with Gasteiger partial charge in [0, 0.05) is 23.8 Å². The van der Waals surface area contributed by atoms with Crippen molar-refractivity contribution >= 4 is 5.69 Å². The molecule has 0 spiro atoms. The summed E-state index contributed by atoms with van der Waals surface area (Å²) in [6.45, 7) is 11.7. The van der Waals surface area contributed by atoms with Crippen molar-refractivity contribution in [3.8, 4) is 0 Å². The smallest absolute Gasteiger partial charge is 0.0781 e. The summed E-state index contributed by atoms with van der Waals surface area (Å²) in [5, 5.41) is 9.84. The molecule has 1 N–H and O–H groups in total. The fourth-order valence-electron chi connectivity index (χ4n) is 2.08. The fraction of sp³-hybridized carbons (Fsp3) is 0.600. The maximum atomic E-state index is 9.84. The summed E-state index contributed by atoms with van der Waals surface area (Å²) in [6, 6.07) is 8.58. The summed E-state index contributed by atoms with van der Waals surface area (Å²) in [5.41, 5.74) is 2.17. The number of aliphatic hydroxyl groups excluding tert-OH is 1. The maximum Gasteiger partial charge on any atom is 0.0781 e. The molecule has 0 saturated heterocycles. The normalized spacial score (nSPS) is 13.2. The number of aliphatic hydroxyl groups is 1. The monoisotopic (exact) mass is 235 g/mol. The van der Waals surface area contributed by atoms with Crippen molar-refractivity contribution in [1.29, 1.82) is 0 Å². The number of rotatable bonds is 5. The van der Waals surface area contributed by atoms with E-state index in [9.17, 15) is 5.11 Å². The minimum Gasteiger partial charge on any atom is -0.389 e. The molecule has 0 saturated carbocycles. The molecule has 1 aromatic carbocycles. The molecule has 2 nitrogen and oxygen atoms in total. The van der Waals surface area contributed by atoms with E-state index in [1.54, 1.807) is 0 Å². The lowest BCUT2D eigenvalue weighted by Crippen LogP contribution is -2.35. The van der Waals surface area contributed by atoms with Gasteiger partial charge in [-0.05, 0) is 32.8 Å². The average Bonchev–Trinajstić information content (AvgIpc) is 2.25. The van der Waals surface area contributed by atoms with E-state index in [0.29, 0.717) is 12.0 Å². The van der Waals surface area contributed by atoms with Crippen molar-refractivity contribution in [2.45, 2.75) is 46.8 Å². The molecule has 0 heterocycles. The minimum atomic E-state index is -0.417. The molecule has 1 rings (SSSR count). The van der Waals surface area contributed by atoms with Gasteiger partial charge in [0.05, 0.1) is 6.10 Å². The Morgan fingerprint density at radius 2 is 1.65 bits per heavy atom. The highest BCUT2D eigenvalue weighted by Gasteiger charge is 2.17. The Kier molecular flexibility index (Phi) is 5.01. The zero-order chi connectivity index (χ0) is 13.0. The Bertz CT molecular complexity index is 345. The van der Waals surface area contributed by atoms with E-state index in [2.05, 4.69) is 38.7 Å². The van der Waals surface area contributed by atoms with Crippen LogP contribution in [-0.2, 0) is 0 Å². The molecule has 0 amide bonds. The van der Waals surface area contributed by atoms with Gasteiger partial charge in [0.15, 0.2) is 0 Å². The second-order valence-corrected chi connectivity index (χ2v) is 5.37. The summed E-state index contributed by atoms with van der Waals surface area (Å²) in [4.78, 5) is 2.37. The van der Waals surface area contributed by atoms with Crippen molar-refractivity contribution in [2.75, 3.05) is 11.4 Å². The number of anilines is 1. The van der Waals surface area contributed by atoms with Crippen LogP contribution in [0.1, 0.15) is 46.3 Å². The molecule has 0 unspecified atom stereocenters. The van der Waals surface area contributed by atoms with Gasteiger partial charge in [-0.1, -0.05) is 32.0 Å². The van der Waals surface area contributed by atoms with Gasteiger partial charge in [0.2, 0.25) is 0 Å². The average molecular weight is 235 g/mol. The lowest BCUT2D eigenvalue weighted by molar-refractivity contribution is 0.199. The van der Waals surface area contributed by atoms with Crippen molar-refractivity contribution in [3.05, 3.63) is 29.8 Å². The van der Waals surface area contributed by atoms with E-state index in [1.165, 1.54) is 0 Å². The lowest BCUT2D eigenvalue weighted by Gasteiger charge is -2.33. The summed E-state index contributed by atoms with van der Waals surface area (Å²) in [5.74, 6) is 0.611. The molecule has 0 aromatic heterocycles. The van der Waals surface area contributed by atoms with Gasteiger partial charge in [-0.3, -0.25) is 0 Å². The molecule has 0 aliphatic carbocycles. The molecular formula is C15H25NO. The van der Waals surface area contributed by atoms with Gasteiger partial charge in [-0.2, -0.15) is 0 Å². The standard InChI is InChI=1S/C15H25NO/c1-11(2)10-16(12(3)4)15-9-7-6-8-14(15)13(5)17/h6-9,11-13,17H,10H2,1-5H3/t13-/m1/s1. The number of hydrogen-bond donors (Lipinski definition) is 1. The second kappa shape index (κ2) is 6.06. The van der Waals surface area contributed by atoms with E-state index in [0.717, 1.165) is 17.8 Å². The van der Waals surface area contributed by atoms with Crippen LogP contribution in [-0.4, -0.2) is 17.7 Å². The molecule has 17 heavy (non-hydrogen) atoms. The Hall–Kier alpha value is -1.02. The summed E-state index contributed by atoms with van der Waals surface area (Å²) < 4.78 is 0. The van der Waals surface area contributed by atoms with Crippen LogP contribution in [0, 0.1) is 5.92 Å². The third-order valence-corrected chi connectivity index (χ3v) is 2.88. The predicted octanol–water partition coefficient (Wildman–Crippen LogP) is 3.61. The first-order valence-corrected chi connectivity index (χ1v) is 6.47. The predicted molar refractivity (Wildman–Crippen MR) is 74.4 cm³/mol. The lowest BCUT2D eigenvalue weighted by atomic mass is 10.0. The highest BCUT2D eigenvalue weighted by molar-refractivity contribution is 5.55. The molecule has 1 aromatic rings. The van der Waals surface area contributed by atoms with Gasteiger partial charge in [-0.15, -0.1) is 0 Å². The Balaban J connectivity index is 3.09. The van der Waals surface area contributed by atoms with Gasteiger partial charge in [0.25, 0.3) is 0 Å². The second-order valence-electron chi connectivity index (χ2n) is 5.37. The van der Waals surface area contributed by atoms with Crippen molar-refractivity contribution in [1.82, 2.24) is 0 Å². The number of hydrogen-bond acceptors (Lipinski definition) is 2. The largest absolute Gasteiger partial charge is 0.389 e. The van der Waals surface area contributed by atoms with Crippen LogP contribution in [0.4, 0.5) is 5.69 Å². The summed E-state index contributed by atoms with van der Waals surface area (Å²) in [6.07, 6.45) is -0.417. The number of nitrogens with zero attached hydrogens (tertiary/aromatic N) is 1. The zero-order valence-corrected chi connectivity index (χ0v) is 11.6. The zero-order valence-electron chi connectivity index (χ0n) is 11.6. The molecule has 2 heteroatoms. The van der Waals surface area contributed by atoms with Gasteiger partial charge < -0.3 is 10.0 Å². The van der Waals surface area contributed by atoms with Crippen molar-refractivity contribution in [3.63, 3.8) is 0 Å². The summed E-state index contributed by atoms with van der Waals surface area (Å²) in [7, 11) is 0. The molecular weight excluding hydrogens is 210 g/mol. The van der Waals surface area contributed by atoms with Crippen molar-refractivity contribution < 1.29 is 5.11 Å². The first-order chi connectivity index (χ1) is 7.93. The molecule has 0 radical (unpaired) electrons. The summed E-state index contributed by atoms with van der Waals surface area (Å²) >= 11 is 0. The molecule has 0 fully saturated rings. The van der Waals surface area contributed by atoms with E-state index in [4.69, 9.17) is 0 Å². The van der Waals surface area contributed by atoms with Gasteiger partial charge >= 0.3 is 0 Å². The van der Waals surface area contributed by atoms with Crippen LogP contribution in [0.15, 0.2) is 24.3 Å². The molecule has 0 aliphatic heterocycles. The fourth-order valence-corrected chi connectivity index (χ4v) is 2.08. The highest BCUT2D eigenvalue weighted by atomic mass is 16.3. The van der Waals surface area contributed by atoms with Crippen molar-refractivity contribution in [2.24, 2.45) is 5.92 Å². The highest BCUT2D eigenvalue weighted by Crippen LogP contribution is 2.28. The molecule has 96 valence electrons. The Morgan fingerprint density at radius 3 is 2.12 bits per heavy atom. The first kappa shape index (κ1) is 14.0. The van der Waals surface area contributed by atoms with Crippen LogP contribution in [0.25, 0.3) is 0 Å². The quantitative estimate of drug-likeness (QED) is 0.842. The molecule has 0 bridgehead atoms. The van der Waals surface area contributed by atoms with Crippen LogP contribution < -0.4 is 4.90 Å². The number of para-hydroxylation sites is 1. The Labute approximate surface area is 105 Å². The van der Waals surface area contributed by atoms with Crippen LogP contribution in [0.3, 0.4) is 0 Å². The van der Waals surface area contributed by atoms with E-state index < -0.39 is 6.10 Å². The topological polar surface area (TPSA) is 23.5 Å². The van der Waals surface area contributed by atoms with Gasteiger partial charge in [0.1, 0.15) is 0 Å². The third-order valence-electron chi connectivity index (χ3n) is 2.88.